The number of ketones is 2. The van der Waals surface area contributed by atoms with E-state index in [1.54, 1.807) is 0 Å². The minimum atomic E-state index is -0.144. The Labute approximate surface area is 125 Å². The van der Waals surface area contributed by atoms with Crippen LogP contribution in [0.2, 0.25) is 0 Å². The fraction of sp³-hybridized carbons (Fsp3) is 0.474. The van der Waals surface area contributed by atoms with Gasteiger partial charge in [-0.1, -0.05) is 51.1 Å². The van der Waals surface area contributed by atoms with E-state index in [1.807, 2.05) is 18.2 Å². The number of carbonyl (C=O) groups excluding carboxylic acids is 2. The second kappa shape index (κ2) is 3.94. The van der Waals surface area contributed by atoms with Crippen molar-refractivity contribution in [2.24, 2.45) is 23.2 Å². The van der Waals surface area contributed by atoms with Crippen molar-refractivity contribution in [3.05, 3.63) is 47.0 Å². The molecule has 3 aliphatic rings. The summed E-state index contributed by atoms with van der Waals surface area (Å²) >= 11 is 0. The summed E-state index contributed by atoms with van der Waals surface area (Å²) in [6.45, 7) is 6.31. The predicted molar refractivity (Wildman–Crippen MR) is 81.5 cm³/mol. The van der Waals surface area contributed by atoms with Crippen LogP contribution >= 0.6 is 0 Å². The highest BCUT2D eigenvalue weighted by Crippen LogP contribution is 2.60. The third kappa shape index (κ3) is 1.48. The van der Waals surface area contributed by atoms with Gasteiger partial charge in [-0.25, -0.2) is 0 Å². The quantitative estimate of drug-likeness (QED) is 0.728. The van der Waals surface area contributed by atoms with Crippen molar-refractivity contribution in [2.75, 3.05) is 0 Å². The molecule has 1 aromatic rings. The Hall–Kier alpha value is -1.70. The smallest absolute Gasteiger partial charge is 0.168 e. The average Bonchev–Trinajstić information content (AvgIpc) is 2.97. The summed E-state index contributed by atoms with van der Waals surface area (Å²) in [5.41, 5.74) is 2.28. The van der Waals surface area contributed by atoms with Gasteiger partial charge in [0.1, 0.15) is 0 Å². The van der Waals surface area contributed by atoms with Gasteiger partial charge in [0.25, 0.3) is 0 Å². The molecular formula is C19H20O2. The van der Waals surface area contributed by atoms with Gasteiger partial charge in [-0.05, 0) is 29.2 Å². The third-order valence-electron chi connectivity index (χ3n) is 5.75. The van der Waals surface area contributed by atoms with E-state index in [2.05, 4.69) is 32.9 Å². The normalized spacial score (nSPS) is 36.3. The van der Waals surface area contributed by atoms with Crippen molar-refractivity contribution < 1.29 is 9.59 Å². The number of hydrogen-bond donors (Lipinski definition) is 0. The first-order valence-electron chi connectivity index (χ1n) is 7.85. The lowest BCUT2D eigenvalue weighted by atomic mass is 9.64. The van der Waals surface area contributed by atoms with E-state index in [1.165, 1.54) is 0 Å². The predicted octanol–water partition coefficient (Wildman–Crippen LogP) is 4.02. The maximum atomic E-state index is 13.1. The summed E-state index contributed by atoms with van der Waals surface area (Å²) in [7, 11) is 0. The number of benzene rings is 1. The molecule has 3 aliphatic carbocycles. The molecule has 4 unspecified atom stereocenters. The molecule has 4 atom stereocenters. The van der Waals surface area contributed by atoms with Crippen LogP contribution in [0.4, 0.5) is 0 Å². The van der Waals surface area contributed by atoms with Gasteiger partial charge in [-0.2, -0.15) is 0 Å². The number of allylic oxidation sites excluding steroid dienone is 2. The molecule has 0 spiro atoms. The van der Waals surface area contributed by atoms with Gasteiger partial charge >= 0.3 is 0 Å². The number of fused-ring (bicyclic) bond motifs is 6. The Kier molecular flexibility index (Phi) is 2.44. The molecule has 2 bridgehead atoms. The van der Waals surface area contributed by atoms with Crippen LogP contribution < -0.4 is 0 Å². The fourth-order valence-corrected chi connectivity index (χ4v) is 4.80. The lowest BCUT2D eigenvalue weighted by Gasteiger charge is -2.36. The molecule has 0 aliphatic heterocycles. The number of hydrogen-bond acceptors (Lipinski definition) is 2. The van der Waals surface area contributed by atoms with Crippen molar-refractivity contribution in [1.29, 1.82) is 0 Å². The fourth-order valence-electron chi connectivity index (χ4n) is 4.80. The minimum absolute atomic E-state index is 0.117. The van der Waals surface area contributed by atoms with Crippen LogP contribution in [0.15, 0.2) is 30.4 Å². The standard InChI is InChI=1S/C19H20O2/c1-10(2)12-5-4-6-13-15(12)18(21)14-11-7-8-19(3,9-11)16(14)17(13)20/h4-8,10-11,14,16H,9H2,1-3H3. The van der Waals surface area contributed by atoms with E-state index in [-0.39, 0.29) is 40.7 Å². The molecule has 2 nitrogen and oxygen atoms in total. The molecule has 108 valence electrons. The molecule has 1 saturated carbocycles. The van der Waals surface area contributed by atoms with Gasteiger partial charge < -0.3 is 0 Å². The maximum Gasteiger partial charge on any atom is 0.168 e. The molecular weight excluding hydrogens is 260 g/mol. The van der Waals surface area contributed by atoms with Crippen molar-refractivity contribution in [1.82, 2.24) is 0 Å². The SMILES string of the molecule is CC(C)c1cccc2c1C(=O)C1C3C=CC(C)(C3)C1C2=O. The van der Waals surface area contributed by atoms with Gasteiger partial charge in [-0.15, -0.1) is 0 Å². The van der Waals surface area contributed by atoms with Gasteiger partial charge in [0.05, 0.1) is 0 Å². The van der Waals surface area contributed by atoms with E-state index in [4.69, 9.17) is 0 Å². The van der Waals surface area contributed by atoms with E-state index in [0.29, 0.717) is 11.1 Å². The Morgan fingerprint density at radius 3 is 2.67 bits per heavy atom. The number of carbonyl (C=O) groups is 2. The van der Waals surface area contributed by atoms with E-state index in [0.717, 1.165) is 12.0 Å². The monoisotopic (exact) mass is 280 g/mol. The highest BCUT2D eigenvalue weighted by Gasteiger charge is 2.60. The lowest BCUT2D eigenvalue weighted by molar-refractivity contribution is 0.0675. The van der Waals surface area contributed by atoms with Crippen LogP contribution in [0.1, 0.15) is 59.4 Å². The highest BCUT2D eigenvalue weighted by atomic mass is 16.1. The van der Waals surface area contributed by atoms with E-state index >= 15 is 0 Å². The average molecular weight is 280 g/mol. The minimum Gasteiger partial charge on any atom is -0.294 e. The van der Waals surface area contributed by atoms with E-state index in [9.17, 15) is 9.59 Å². The van der Waals surface area contributed by atoms with Crippen LogP contribution in [0.3, 0.4) is 0 Å². The Morgan fingerprint density at radius 2 is 1.95 bits per heavy atom. The summed E-state index contributed by atoms with van der Waals surface area (Å²) in [6.07, 6.45) is 5.28. The van der Waals surface area contributed by atoms with Gasteiger partial charge in [0, 0.05) is 23.0 Å². The number of Topliss-reactive ketones (excluding diaryl/α,β-unsaturated/α-hetero) is 2. The molecule has 0 radical (unpaired) electrons. The molecule has 0 saturated heterocycles. The largest absolute Gasteiger partial charge is 0.294 e. The first kappa shape index (κ1) is 13.0. The zero-order valence-electron chi connectivity index (χ0n) is 12.7. The zero-order valence-corrected chi connectivity index (χ0v) is 12.7. The lowest BCUT2D eigenvalue weighted by Crippen LogP contribution is -2.42. The molecule has 21 heavy (non-hydrogen) atoms. The molecule has 0 heterocycles. The van der Waals surface area contributed by atoms with Crippen LogP contribution in [0.25, 0.3) is 0 Å². The van der Waals surface area contributed by atoms with Crippen LogP contribution in [0, 0.1) is 23.2 Å². The molecule has 1 fully saturated rings. The van der Waals surface area contributed by atoms with Crippen molar-refractivity contribution in [3.63, 3.8) is 0 Å². The topological polar surface area (TPSA) is 34.1 Å². The first-order chi connectivity index (χ1) is 9.94. The van der Waals surface area contributed by atoms with Gasteiger partial charge in [-0.3, -0.25) is 9.59 Å². The maximum absolute atomic E-state index is 13.1. The van der Waals surface area contributed by atoms with Gasteiger partial charge in [0.2, 0.25) is 0 Å². The summed E-state index contributed by atoms with van der Waals surface area (Å²) in [5, 5.41) is 0. The highest BCUT2D eigenvalue weighted by molar-refractivity contribution is 6.17. The molecule has 4 rings (SSSR count). The Bertz CT molecular complexity index is 698. The molecule has 1 aromatic carbocycles. The van der Waals surface area contributed by atoms with E-state index < -0.39 is 0 Å². The van der Waals surface area contributed by atoms with Crippen molar-refractivity contribution >= 4 is 11.6 Å². The number of rotatable bonds is 1. The molecule has 2 heteroatoms. The third-order valence-corrected chi connectivity index (χ3v) is 5.75. The second-order valence-corrected chi connectivity index (χ2v) is 7.39. The summed E-state index contributed by atoms with van der Waals surface area (Å²) < 4.78 is 0. The second-order valence-electron chi connectivity index (χ2n) is 7.39. The molecule has 0 N–H and O–H groups in total. The van der Waals surface area contributed by atoms with Crippen LogP contribution in [-0.4, -0.2) is 11.6 Å². The summed E-state index contributed by atoms with van der Waals surface area (Å²) in [5.74, 6) is 0.640. The van der Waals surface area contributed by atoms with Crippen LogP contribution in [0.5, 0.6) is 0 Å². The zero-order chi connectivity index (χ0) is 14.9. The summed E-state index contributed by atoms with van der Waals surface area (Å²) in [4.78, 5) is 26.1. The summed E-state index contributed by atoms with van der Waals surface area (Å²) in [6, 6.07) is 5.77. The van der Waals surface area contributed by atoms with Crippen molar-refractivity contribution in [2.45, 2.75) is 33.1 Å². The van der Waals surface area contributed by atoms with Gasteiger partial charge in [0.15, 0.2) is 11.6 Å². The Morgan fingerprint density at radius 1 is 1.19 bits per heavy atom. The molecule has 0 aromatic heterocycles. The first-order valence-corrected chi connectivity index (χ1v) is 7.85. The van der Waals surface area contributed by atoms with Crippen LogP contribution in [-0.2, 0) is 0 Å². The molecule has 0 amide bonds. The Balaban J connectivity index is 1.95. The van der Waals surface area contributed by atoms with Crippen molar-refractivity contribution in [3.8, 4) is 0 Å².